The van der Waals surface area contributed by atoms with Crippen LogP contribution in [0.4, 0.5) is 28.6 Å². The fourth-order valence-electron chi connectivity index (χ4n) is 5.63. The number of likely N-dealkylation sites (N-methyl/N-ethyl adjacent to an activating group) is 3. The molecule has 11 nitrogen and oxygen atoms in total. The van der Waals surface area contributed by atoms with E-state index in [1.54, 1.807) is 13.2 Å². The molecule has 0 fully saturated rings. The molecular formula is C31H39N7O4. The van der Waals surface area contributed by atoms with E-state index < -0.39 is 0 Å². The Morgan fingerprint density at radius 3 is 2.57 bits per heavy atom. The van der Waals surface area contributed by atoms with Gasteiger partial charge in [0.2, 0.25) is 0 Å². The molecule has 0 saturated carbocycles. The van der Waals surface area contributed by atoms with Gasteiger partial charge in [-0.25, -0.2) is 4.98 Å². The van der Waals surface area contributed by atoms with Gasteiger partial charge in [0.05, 0.1) is 41.2 Å². The van der Waals surface area contributed by atoms with E-state index in [4.69, 9.17) is 9.72 Å². The third kappa shape index (κ3) is 5.70. The number of hydrogen-bond acceptors (Lipinski definition) is 9. The van der Waals surface area contributed by atoms with Crippen LogP contribution in [0.5, 0.6) is 5.75 Å². The first-order chi connectivity index (χ1) is 20.2. The number of aryl methyl sites for hydroxylation is 2. The van der Waals surface area contributed by atoms with Crippen molar-refractivity contribution in [2.45, 2.75) is 19.4 Å². The van der Waals surface area contributed by atoms with Crippen LogP contribution in [-0.2, 0) is 13.0 Å². The molecule has 0 bridgehead atoms. The molecule has 1 aliphatic heterocycles. The summed E-state index contributed by atoms with van der Waals surface area (Å²) in [7, 11) is 9.26. The Morgan fingerprint density at radius 1 is 1.07 bits per heavy atom. The molecule has 5 rings (SSSR count). The summed E-state index contributed by atoms with van der Waals surface area (Å²) in [6, 6.07) is 13.4. The van der Waals surface area contributed by atoms with Crippen molar-refractivity contribution in [3.63, 3.8) is 0 Å². The summed E-state index contributed by atoms with van der Waals surface area (Å²) in [5, 5.41) is 26.2. The van der Waals surface area contributed by atoms with Gasteiger partial charge in [-0.05, 0) is 44.6 Å². The van der Waals surface area contributed by atoms with E-state index in [-0.39, 0.29) is 17.2 Å². The second-order valence-electron chi connectivity index (χ2n) is 11.0. The van der Waals surface area contributed by atoms with Gasteiger partial charge in [0.25, 0.3) is 5.69 Å². The average molecular weight is 574 g/mol. The number of benzene rings is 2. The van der Waals surface area contributed by atoms with Crippen LogP contribution in [0.15, 0.2) is 48.7 Å². The fraction of sp³-hybridized carbons (Fsp3) is 0.387. The number of ether oxygens (including phenoxy) is 1. The van der Waals surface area contributed by atoms with Gasteiger partial charge in [0.15, 0.2) is 0 Å². The Morgan fingerprint density at radius 2 is 1.86 bits per heavy atom. The molecule has 4 aromatic rings. The SMILES string of the molecule is COc1cc(N(C)CCN(C)C)c([N+](=O)[O-])cc1Nc1ccc(N(C)CCO)c(-c2cn3c4c(cccc24)CCC3)n1. The summed E-state index contributed by atoms with van der Waals surface area (Å²) in [5.74, 6) is 1.00. The maximum atomic E-state index is 12.1. The van der Waals surface area contributed by atoms with E-state index in [0.29, 0.717) is 36.0 Å². The predicted molar refractivity (Wildman–Crippen MR) is 169 cm³/mol. The van der Waals surface area contributed by atoms with Crippen LogP contribution in [0, 0.1) is 10.1 Å². The maximum absolute atomic E-state index is 12.1. The van der Waals surface area contributed by atoms with Crippen LogP contribution in [-0.4, -0.2) is 86.0 Å². The number of aliphatic hydroxyl groups is 1. The van der Waals surface area contributed by atoms with Crippen molar-refractivity contribution in [1.82, 2.24) is 14.5 Å². The third-order valence-corrected chi connectivity index (χ3v) is 7.85. The molecule has 2 aromatic heterocycles. The van der Waals surface area contributed by atoms with Gasteiger partial charge in [0, 0.05) is 69.6 Å². The van der Waals surface area contributed by atoms with Crippen molar-refractivity contribution in [3.05, 3.63) is 64.3 Å². The van der Waals surface area contributed by atoms with Crippen LogP contribution >= 0.6 is 0 Å². The Labute approximate surface area is 246 Å². The summed E-state index contributed by atoms with van der Waals surface area (Å²) < 4.78 is 7.99. The molecule has 42 heavy (non-hydrogen) atoms. The Kier molecular flexibility index (Phi) is 8.51. The van der Waals surface area contributed by atoms with E-state index in [1.807, 2.05) is 55.0 Å². The van der Waals surface area contributed by atoms with Gasteiger partial charge in [-0.15, -0.1) is 0 Å². The van der Waals surface area contributed by atoms with Gasteiger partial charge >= 0.3 is 0 Å². The maximum Gasteiger partial charge on any atom is 0.294 e. The molecule has 0 saturated heterocycles. The van der Waals surface area contributed by atoms with Crippen molar-refractivity contribution in [1.29, 1.82) is 0 Å². The molecule has 1 aliphatic rings. The number of nitrogens with zero attached hydrogens (tertiary/aromatic N) is 6. The molecule has 222 valence electrons. The normalized spacial score (nSPS) is 12.5. The lowest BCUT2D eigenvalue weighted by atomic mass is 10.0. The smallest absolute Gasteiger partial charge is 0.294 e. The quantitative estimate of drug-likeness (QED) is 0.183. The molecule has 0 amide bonds. The molecule has 0 aliphatic carbocycles. The second-order valence-corrected chi connectivity index (χ2v) is 11.0. The van der Waals surface area contributed by atoms with Crippen molar-refractivity contribution >= 4 is 39.5 Å². The minimum atomic E-state index is -0.369. The van der Waals surface area contributed by atoms with E-state index in [1.165, 1.54) is 17.1 Å². The fourth-order valence-corrected chi connectivity index (χ4v) is 5.63. The first kappa shape index (κ1) is 29.2. The Hall–Kier alpha value is -4.35. The highest BCUT2D eigenvalue weighted by Gasteiger charge is 2.24. The van der Waals surface area contributed by atoms with Crippen LogP contribution < -0.4 is 19.9 Å². The monoisotopic (exact) mass is 573 g/mol. The lowest BCUT2D eigenvalue weighted by molar-refractivity contribution is -0.384. The summed E-state index contributed by atoms with van der Waals surface area (Å²) >= 11 is 0. The average Bonchev–Trinajstić information content (AvgIpc) is 3.36. The number of aliphatic hydroxyl groups excluding tert-OH is 1. The van der Waals surface area contributed by atoms with E-state index in [2.05, 4.69) is 34.3 Å². The van der Waals surface area contributed by atoms with Crippen LogP contribution in [0.3, 0.4) is 0 Å². The number of methoxy groups -OCH3 is 1. The van der Waals surface area contributed by atoms with E-state index >= 15 is 0 Å². The summed E-state index contributed by atoms with van der Waals surface area (Å²) in [6.45, 7) is 2.78. The van der Waals surface area contributed by atoms with E-state index in [0.717, 1.165) is 48.3 Å². The van der Waals surface area contributed by atoms with E-state index in [9.17, 15) is 15.2 Å². The largest absolute Gasteiger partial charge is 0.494 e. The summed E-state index contributed by atoms with van der Waals surface area (Å²) in [4.78, 5) is 22.7. The van der Waals surface area contributed by atoms with Crippen molar-refractivity contribution in [2.75, 3.05) is 76.7 Å². The number of pyridine rings is 1. The number of nitro groups is 1. The number of aromatic nitrogens is 2. The Balaban J connectivity index is 1.59. The number of nitrogens with one attached hydrogen (secondary N) is 1. The van der Waals surface area contributed by atoms with Gasteiger partial charge in [0.1, 0.15) is 17.3 Å². The molecular weight excluding hydrogens is 534 g/mol. The van der Waals surface area contributed by atoms with Crippen molar-refractivity contribution in [2.24, 2.45) is 0 Å². The second kappa shape index (κ2) is 12.3. The minimum absolute atomic E-state index is 0.0120. The number of rotatable bonds is 12. The molecule has 3 heterocycles. The number of anilines is 4. The Bertz CT molecular complexity index is 1600. The molecule has 2 aromatic carbocycles. The molecule has 11 heteroatoms. The topological polar surface area (TPSA) is 112 Å². The van der Waals surface area contributed by atoms with Crippen LogP contribution in [0.2, 0.25) is 0 Å². The van der Waals surface area contributed by atoms with Crippen molar-refractivity contribution < 1.29 is 14.8 Å². The molecule has 0 radical (unpaired) electrons. The predicted octanol–water partition coefficient (Wildman–Crippen LogP) is 4.74. The standard InChI is InChI=1S/C31H39N7O4/c1-34(2)14-15-35(3)26-19-28(42-5)24(18-27(26)38(40)41)32-29-12-11-25(36(4)16-17-39)30(33-29)23-20-37-13-7-9-21-8-6-10-22(23)31(21)37/h6,8,10-12,18-20,39H,7,9,13-17H2,1-5H3,(H,32,33). The minimum Gasteiger partial charge on any atom is -0.494 e. The summed E-state index contributed by atoms with van der Waals surface area (Å²) in [6.07, 6.45) is 4.30. The van der Waals surface area contributed by atoms with Gasteiger partial charge in [-0.2, -0.15) is 0 Å². The number of hydrogen-bond donors (Lipinski definition) is 2. The zero-order chi connectivity index (χ0) is 30.0. The van der Waals surface area contributed by atoms with Crippen LogP contribution in [0.1, 0.15) is 12.0 Å². The first-order valence-electron chi connectivity index (χ1n) is 14.1. The van der Waals surface area contributed by atoms with Gasteiger partial charge < -0.3 is 34.4 Å². The zero-order valence-electron chi connectivity index (χ0n) is 24.9. The van der Waals surface area contributed by atoms with Crippen molar-refractivity contribution in [3.8, 4) is 17.0 Å². The lowest BCUT2D eigenvalue weighted by Gasteiger charge is -2.23. The first-order valence-corrected chi connectivity index (χ1v) is 14.1. The highest BCUT2D eigenvalue weighted by molar-refractivity contribution is 6.00. The van der Waals surface area contributed by atoms with Gasteiger partial charge in [-0.3, -0.25) is 10.1 Å². The number of para-hydroxylation sites is 1. The number of nitro benzene ring substituents is 1. The lowest BCUT2D eigenvalue weighted by Crippen LogP contribution is -2.28. The highest BCUT2D eigenvalue weighted by Crippen LogP contribution is 2.41. The molecule has 0 spiro atoms. The third-order valence-electron chi connectivity index (χ3n) is 7.85. The zero-order valence-corrected chi connectivity index (χ0v) is 24.9. The molecule has 0 atom stereocenters. The van der Waals surface area contributed by atoms with Crippen LogP contribution in [0.25, 0.3) is 22.2 Å². The molecule has 0 unspecified atom stereocenters. The van der Waals surface area contributed by atoms with Gasteiger partial charge in [-0.1, -0.05) is 18.2 Å². The summed E-state index contributed by atoms with van der Waals surface area (Å²) in [5.41, 5.74) is 6.14. The highest BCUT2D eigenvalue weighted by atomic mass is 16.6. The molecule has 2 N–H and O–H groups in total.